The molecule has 0 rings (SSSR count). The summed E-state index contributed by atoms with van der Waals surface area (Å²) in [4.78, 5) is 27.7. The molecule has 0 heterocycles. The highest BCUT2D eigenvalue weighted by atomic mass is 16.7. The van der Waals surface area contributed by atoms with E-state index in [-0.39, 0.29) is 0 Å². The van der Waals surface area contributed by atoms with Crippen LogP contribution >= 0.6 is 0 Å². The van der Waals surface area contributed by atoms with Crippen molar-refractivity contribution >= 4 is 0 Å². The predicted molar refractivity (Wildman–Crippen MR) is 55.8 cm³/mol. The Labute approximate surface area is 89.2 Å². The maximum Gasteiger partial charge on any atom is 0.155 e. The topological polar surface area (TPSA) is 77.3 Å². The molecular formula is C9H18N2O4. The molecule has 0 aliphatic carbocycles. The summed E-state index contributed by atoms with van der Waals surface area (Å²) in [7, 11) is 0. The molecular weight excluding hydrogens is 200 g/mol. The summed E-state index contributed by atoms with van der Waals surface area (Å²) in [5.41, 5.74) is 0. The summed E-state index contributed by atoms with van der Waals surface area (Å²) in [6.07, 6.45) is 7.30. The minimum Gasteiger partial charge on any atom is -0.364 e. The lowest BCUT2D eigenvalue weighted by molar-refractivity contribution is 0.133. The Morgan fingerprint density at radius 1 is 0.600 bits per heavy atom. The van der Waals surface area contributed by atoms with Crippen molar-refractivity contribution in [2.75, 3.05) is 13.2 Å². The third kappa shape index (κ3) is 12.8. The van der Waals surface area contributed by atoms with Crippen molar-refractivity contribution in [2.45, 2.75) is 44.9 Å². The number of nitrogens with zero attached hydrogens (tertiary/aromatic N) is 2. The third-order valence-corrected chi connectivity index (χ3v) is 2.08. The van der Waals surface area contributed by atoms with Crippen molar-refractivity contribution in [3.05, 3.63) is 9.81 Å². The zero-order valence-corrected chi connectivity index (χ0v) is 8.89. The molecule has 0 amide bonds. The SMILES string of the molecule is O=NOCCCCCCCCCON=O. The zero-order valence-electron chi connectivity index (χ0n) is 8.89. The normalized spacial score (nSPS) is 9.60. The van der Waals surface area contributed by atoms with E-state index in [9.17, 15) is 9.81 Å². The standard InChI is InChI=1S/C9H18N2O4/c12-10-14-8-6-4-2-1-3-5-7-9-15-11-13/h1-9H2. The second-order valence-corrected chi connectivity index (χ2v) is 3.29. The van der Waals surface area contributed by atoms with Gasteiger partial charge in [-0.15, -0.1) is 9.81 Å². The zero-order chi connectivity index (χ0) is 11.2. The molecule has 0 radical (unpaired) electrons. The van der Waals surface area contributed by atoms with Gasteiger partial charge in [-0.25, -0.2) is 0 Å². The molecule has 0 spiro atoms. The Kier molecular flexibility index (Phi) is 11.8. The Bertz CT molecular complexity index is 139. The molecule has 0 saturated heterocycles. The highest BCUT2D eigenvalue weighted by Crippen LogP contribution is 2.07. The van der Waals surface area contributed by atoms with Gasteiger partial charge in [0.25, 0.3) is 0 Å². The fraction of sp³-hybridized carbons (Fsp3) is 1.00. The average Bonchev–Trinajstić information content (AvgIpc) is 2.26. The first-order valence-corrected chi connectivity index (χ1v) is 5.31. The van der Waals surface area contributed by atoms with Gasteiger partial charge in [-0.1, -0.05) is 19.3 Å². The Morgan fingerprint density at radius 3 is 1.27 bits per heavy atom. The van der Waals surface area contributed by atoms with Crippen molar-refractivity contribution in [3.8, 4) is 0 Å². The smallest absolute Gasteiger partial charge is 0.155 e. The van der Waals surface area contributed by atoms with Gasteiger partial charge < -0.3 is 9.68 Å². The van der Waals surface area contributed by atoms with Gasteiger partial charge in [0.05, 0.1) is 0 Å². The molecule has 0 saturated carbocycles. The minimum absolute atomic E-state index is 0.419. The van der Waals surface area contributed by atoms with Crippen molar-refractivity contribution in [1.82, 2.24) is 0 Å². The van der Waals surface area contributed by atoms with E-state index in [1.54, 1.807) is 0 Å². The molecule has 0 unspecified atom stereocenters. The van der Waals surface area contributed by atoms with E-state index >= 15 is 0 Å². The number of hydrogen-bond donors (Lipinski definition) is 0. The van der Waals surface area contributed by atoms with E-state index < -0.39 is 0 Å². The highest BCUT2D eigenvalue weighted by Gasteiger charge is 1.93. The maximum absolute atomic E-state index is 9.55. The average molecular weight is 218 g/mol. The van der Waals surface area contributed by atoms with Gasteiger partial charge in [0.15, 0.2) is 10.7 Å². The largest absolute Gasteiger partial charge is 0.364 e. The molecule has 6 nitrogen and oxygen atoms in total. The summed E-state index contributed by atoms with van der Waals surface area (Å²) >= 11 is 0. The van der Waals surface area contributed by atoms with Gasteiger partial charge in [0.2, 0.25) is 0 Å². The van der Waals surface area contributed by atoms with Crippen LogP contribution < -0.4 is 0 Å². The molecule has 0 atom stereocenters. The first kappa shape index (κ1) is 13.8. The van der Waals surface area contributed by atoms with E-state index in [4.69, 9.17) is 0 Å². The first-order chi connectivity index (χ1) is 7.41. The van der Waals surface area contributed by atoms with Gasteiger partial charge in [-0.05, 0) is 25.7 Å². The monoisotopic (exact) mass is 218 g/mol. The van der Waals surface area contributed by atoms with Gasteiger partial charge in [-0.2, -0.15) is 0 Å². The highest BCUT2D eigenvalue weighted by molar-refractivity contribution is 4.45. The van der Waals surface area contributed by atoms with Gasteiger partial charge in [0.1, 0.15) is 13.2 Å². The van der Waals surface area contributed by atoms with Gasteiger partial charge in [0, 0.05) is 0 Å². The van der Waals surface area contributed by atoms with E-state index in [1.165, 1.54) is 0 Å². The second kappa shape index (κ2) is 12.8. The van der Waals surface area contributed by atoms with Crippen LogP contribution in [0.3, 0.4) is 0 Å². The summed E-state index contributed by atoms with van der Waals surface area (Å²) < 4.78 is 0. The lowest BCUT2D eigenvalue weighted by Gasteiger charge is -2.00. The van der Waals surface area contributed by atoms with Crippen LogP contribution in [0.5, 0.6) is 0 Å². The molecule has 0 aliphatic heterocycles. The van der Waals surface area contributed by atoms with Crippen LogP contribution in [-0.4, -0.2) is 13.2 Å². The third-order valence-electron chi connectivity index (χ3n) is 2.08. The Hall–Kier alpha value is -1.20. The lowest BCUT2D eigenvalue weighted by atomic mass is 10.1. The van der Waals surface area contributed by atoms with Crippen LogP contribution in [0.4, 0.5) is 0 Å². The van der Waals surface area contributed by atoms with Crippen molar-refractivity contribution in [3.63, 3.8) is 0 Å². The predicted octanol–water partition coefficient (Wildman–Crippen LogP) is 3.11. The summed E-state index contributed by atoms with van der Waals surface area (Å²) in [6.45, 7) is 0.838. The Morgan fingerprint density at radius 2 is 0.933 bits per heavy atom. The van der Waals surface area contributed by atoms with Crippen LogP contribution in [0.15, 0.2) is 10.7 Å². The van der Waals surface area contributed by atoms with Crippen LogP contribution in [0.25, 0.3) is 0 Å². The molecule has 0 N–H and O–H groups in total. The summed E-state index contributed by atoms with van der Waals surface area (Å²) in [5.74, 6) is 0. The van der Waals surface area contributed by atoms with Crippen LogP contribution in [0.1, 0.15) is 44.9 Å². The quantitative estimate of drug-likeness (QED) is 0.286. The Balaban J connectivity index is 2.86. The number of hydrogen-bond acceptors (Lipinski definition) is 6. The van der Waals surface area contributed by atoms with Crippen LogP contribution in [-0.2, 0) is 9.68 Å². The molecule has 0 fully saturated rings. The lowest BCUT2D eigenvalue weighted by Crippen LogP contribution is -1.89. The van der Waals surface area contributed by atoms with E-state index in [0.29, 0.717) is 13.2 Å². The van der Waals surface area contributed by atoms with Gasteiger partial charge >= 0.3 is 0 Å². The molecule has 88 valence electrons. The number of rotatable bonds is 12. The maximum atomic E-state index is 9.55. The van der Waals surface area contributed by atoms with Crippen LogP contribution in [0, 0.1) is 9.81 Å². The molecule has 15 heavy (non-hydrogen) atoms. The van der Waals surface area contributed by atoms with E-state index in [0.717, 1.165) is 44.9 Å². The summed E-state index contributed by atoms with van der Waals surface area (Å²) in [6, 6.07) is 0. The number of unbranched alkanes of at least 4 members (excludes halogenated alkanes) is 6. The molecule has 0 aromatic rings. The summed E-state index contributed by atoms with van der Waals surface area (Å²) in [5, 5.41) is 4.63. The molecule has 0 bridgehead atoms. The van der Waals surface area contributed by atoms with Gasteiger partial charge in [-0.3, -0.25) is 0 Å². The van der Waals surface area contributed by atoms with Crippen molar-refractivity contribution < 1.29 is 9.68 Å². The first-order valence-electron chi connectivity index (χ1n) is 5.31. The van der Waals surface area contributed by atoms with Crippen LogP contribution in [0.2, 0.25) is 0 Å². The molecule has 0 aromatic heterocycles. The molecule has 0 aliphatic rings. The fourth-order valence-electron chi connectivity index (χ4n) is 1.29. The van der Waals surface area contributed by atoms with E-state index in [2.05, 4.69) is 20.4 Å². The molecule has 0 aromatic carbocycles. The second-order valence-electron chi connectivity index (χ2n) is 3.29. The minimum atomic E-state index is 0.419. The van der Waals surface area contributed by atoms with Crippen molar-refractivity contribution in [2.24, 2.45) is 10.7 Å². The molecule has 6 heteroatoms. The van der Waals surface area contributed by atoms with Crippen molar-refractivity contribution in [1.29, 1.82) is 0 Å². The fourth-order valence-corrected chi connectivity index (χ4v) is 1.29. The van der Waals surface area contributed by atoms with E-state index in [1.807, 2.05) is 0 Å².